The molecule has 1 aromatic heterocycles. The van der Waals surface area contributed by atoms with E-state index in [4.69, 9.17) is 9.47 Å². The highest BCUT2D eigenvalue weighted by Gasteiger charge is 2.33. The average molecular weight is 343 g/mol. The minimum atomic E-state index is -1.66. The SMILES string of the molecule is COC(=O)c1c(OCC#C[Si](C)(C)C(C)(C)C)[nH]c2ccccc12. The number of rotatable bonds is 3. The lowest BCUT2D eigenvalue weighted by Crippen LogP contribution is -2.35. The largest absolute Gasteiger partial charge is 0.465 e. The normalized spacial score (nSPS) is 11.8. The third-order valence-electron chi connectivity index (χ3n) is 4.63. The Balaban J connectivity index is 2.24. The molecule has 0 atom stereocenters. The highest BCUT2D eigenvalue weighted by Crippen LogP contribution is 2.35. The number of benzene rings is 1. The molecule has 0 fully saturated rings. The molecule has 1 N–H and O–H groups in total. The third kappa shape index (κ3) is 3.65. The number of aromatic nitrogens is 1. The van der Waals surface area contributed by atoms with E-state index in [9.17, 15) is 4.79 Å². The summed E-state index contributed by atoms with van der Waals surface area (Å²) >= 11 is 0. The van der Waals surface area contributed by atoms with Gasteiger partial charge in [0.05, 0.1) is 7.11 Å². The molecule has 0 spiro atoms. The maximum atomic E-state index is 12.1. The van der Waals surface area contributed by atoms with Crippen LogP contribution in [-0.2, 0) is 4.74 Å². The van der Waals surface area contributed by atoms with Crippen molar-refractivity contribution in [1.82, 2.24) is 4.98 Å². The van der Waals surface area contributed by atoms with Gasteiger partial charge < -0.3 is 14.5 Å². The monoisotopic (exact) mass is 343 g/mol. The molecule has 24 heavy (non-hydrogen) atoms. The van der Waals surface area contributed by atoms with Crippen LogP contribution in [0.4, 0.5) is 0 Å². The number of nitrogens with one attached hydrogen (secondary N) is 1. The molecule has 2 rings (SSSR count). The zero-order valence-corrected chi connectivity index (χ0v) is 16.2. The highest BCUT2D eigenvalue weighted by molar-refractivity contribution is 6.87. The van der Waals surface area contributed by atoms with Crippen LogP contribution in [0.2, 0.25) is 18.1 Å². The highest BCUT2D eigenvalue weighted by atomic mass is 28.3. The van der Waals surface area contributed by atoms with Gasteiger partial charge in [-0.25, -0.2) is 4.79 Å². The lowest BCUT2D eigenvalue weighted by Gasteiger charge is -2.31. The van der Waals surface area contributed by atoms with Gasteiger partial charge in [-0.05, 0) is 11.1 Å². The zero-order valence-electron chi connectivity index (χ0n) is 15.2. The molecular formula is C19H25NO3Si. The van der Waals surface area contributed by atoms with Gasteiger partial charge in [-0.1, -0.05) is 58.0 Å². The Morgan fingerprint density at radius 3 is 2.54 bits per heavy atom. The number of fused-ring (bicyclic) bond motifs is 1. The summed E-state index contributed by atoms with van der Waals surface area (Å²) in [6.07, 6.45) is 0. The molecule has 0 aliphatic heterocycles. The first-order chi connectivity index (χ1) is 11.2. The lowest BCUT2D eigenvalue weighted by molar-refractivity contribution is 0.0599. The van der Waals surface area contributed by atoms with Crippen LogP contribution in [0.25, 0.3) is 10.9 Å². The Morgan fingerprint density at radius 2 is 1.92 bits per heavy atom. The first-order valence-corrected chi connectivity index (χ1v) is 11.0. The lowest BCUT2D eigenvalue weighted by atomic mass is 10.2. The molecule has 1 aromatic carbocycles. The number of aromatic amines is 1. The van der Waals surface area contributed by atoms with Gasteiger partial charge in [0.15, 0.2) is 0 Å². The molecule has 2 aromatic rings. The number of ether oxygens (including phenoxy) is 2. The van der Waals surface area contributed by atoms with Gasteiger partial charge in [0.2, 0.25) is 5.88 Å². The average Bonchev–Trinajstić information content (AvgIpc) is 2.88. The van der Waals surface area contributed by atoms with Gasteiger partial charge in [-0.15, -0.1) is 5.54 Å². The second-order valence-corrected chi connectivity index (χ2v) is 12.3. The van der Waals surface area contributed by atoms with Crippen molar-refractivity contribution in [2.75, 3.05) is 13.7 Å². The van der Waals surface area contributed by atoms with Crippen molar-refractivity contribution in [3.8, 4) is 17.3 Å². The van der Waals surface area contributed by atoms with E-state index in [0.717, 1.165) is 10.9 Å². The molecule has 0 saturated heterocycles. The number of para-hydroxylation sites is 1. The second kappa shape index (κ2) is 6.74. The summed E-state index contributed by atoms with van der Waals surface area (Å²) in [5.74, 6) is 3.12. The maximum Gasteiger partial charge on any atom is 0.344 e. The minimum Gasteiger partial charge on any atom is -0.465 e. The van der Waals surface area contributed by atoms with Crippen LogP contribution in [-0.4, -0.2) is 32.7 Å². The summed E-state index contributed by atoms with van der Waals surface area (Å²) < 4.78 is 10.6. The van der Waals surface area contributed by atoms with E-state index in [0.29, 0.717) is 11.4 Å². The van der Waals surface area contributed by atoms with Gasteiger partial charge in [0.25, 0.3) is 0 Å². The predicted molar refractivity (Wildman–Crippen MR) is 100 cm³/mol. The number of carbonyl (C=O) groups excluding carboxylic acids is 1. The molecule has 5 heteroatoms. The van der Waals surface area contributed by atoms with Gasteiger partial charge in [0, 0.05) is 10.9 Å². The molecule has 0 radical (unpaired) electrons. The summed E-state index contributed by atoms with van der Waals surface area (Å²) in [5.41, 5.74) is 4.66. The number of hydrogen-bond donors (Lipinski definition) is 1. The molecule has 0 unspecified atom stereocenters. The molecule has 0 bridgehead atoms. The van der Waals surface area contributed by atoms with E-state index in [1.54, 1.807) is 0 Å². The fourth-order valence-corrected chi connectivity index (χ4v) is 2.97. The summed E-state index contributed by atoms with van der Waals surface area (Å²) in [4.78, 5) is 15.2. The molecule has 128 valence electrons. The second-order valence-electron chi connectivity index (χ2n) is 7.33. The first kappa shape index (κ1) is 18.1. The number of esters is 1. The molecule has 0 aliphatic rings. The molecule has 4 nitrogen and oxygen atoms in total. The van der Waals surface area contributed by atoms with Crippen molar-refractivity contribution in [3.63, 3.8) is 0 Å². The van der Waals surface area contributed by atoms with E-state index in [1.807, 2.05) is 24.3 Å². The van der Waals surface area contributed by atoms with Gasteiger partial charge >= 0.3 is 5.97 Å². The Kier molecular flexibility index (Phi) is 5.10. The van der Waals surface area contributed by atoms with Crippen molar-refractivity contribution in [3.05, 3.63) is 29.8 Å². The van der Waals surface area contributed by atoms with Gasteiger partial charge in [-0.3, -0.25) is 0 Å². The van der Waals surface area contributed by atoms with Crippen molar-refractivity contribution < 1.29 is 14.3 Å². The fourth-order valence-electron chi connectivity index (χ4n) is 2.08. The summed E-state index contributed by atoms with van der Waals surface area (Å²) in [5, 5.41) is 0.995. The van der Waals surface area contributed by atoms with E-state index in [-0.39, 0.29) is 11.6 Å². The topological polar surface area (TPSA) is 51.3 Å². The summed E-state index contributed by atoms with van der Waals surface area (Å²) in [6, 6.07) is 7.55. The van der Waals surface area contributed by atoms with Crippen molar-refractivity contribution in [1.29, 1.82) is 0 Å². The van der Waals surface area contributed by atoms with Crippen LogP contribution in [0.5, 0.6) is 5.88 Å². The predicted octanol–water partition coefficient (Wildman–Crippen LogP) is 4.38. The van der Waals surface area contributed by atoms with Crippen LogP contribution in [0.3, 0.4) is 0 Å². The summed E-state index contributed by atoms with van der Waals surface area (Å²) in [7, 11) is -0.294. The van der Waals surface area contributed by atoms with Crippen LogP contribution in [0.15, 0.2) is 24.3 Å². The fraction of sp³-hybridized carbons (Fsp3) is 0.421. The van der Waals surface area contributed by atoms with Gasteiger partial charge in [-0.2, -0.15) is 0 Å². The van der Waals surface area contributed by atoms with Crippen LogP contribution < -0.4 is 4.74 Å². The maximum absolute atomic E-state index is 12.1. The minimum absolute atomic E-state index is 0.207. The van der Waals surface area contributed by atoms with Crippen LogP contribution in [0, 0.1) is 11.5 Å². The molecule has 1 heterocycles. The Morgan fingerprint density at radius 1 is 1.25 bits per heavy atom. The molecule has 0 aliphatic carbocycles. The van der Waals surface area contributed by atoms with Crippen molar-refractivity contribution >= 4 is 24.9 Å². The zero-order chi connectivity index (χ0) is 18.0. The number of hydrogen-bond acceptors (Lipinski definition) is 3. The number of methoxy groups -OCH3 is 1. The summed E-state index contributed by atoms with van der Waals surface area (Å²) in [6.45, 7) is 11.4. The van der Waals surface area contributed by atoms with E-state index >= 15 is 0 Å². The molecule has 0 amide bonds. The Bertz CT molecular complexity index is 803. The Labute approximate surface area is 144 Å². The quantitative estimate of drug-likeness (QED) is 0.511. The molecule has 0 saturated carbocycles. The van der Waals surface area contributed by atoms with Crippen LogP contribution in [0.1, 0.15) is 31.1 Å². The first-order valence-electron chi connectivity index (χ1n) is 7.99. The third-order valence-corrected chi connectivity index (χ3v) is 9.18. The smallest absolute Gasteiger partial charge is 0.344 e. The van der Waals surface area contributed by atoms with E-state index in [2.05, 4.69) is 50.3 Å². The standard InChI is InChI=1S/C19H25NO3Si/c1-19(2,3)24(5,6)13-9-12-23-17-16(18(21)22-4)14-10-7-8-11-15(14)20-17/h7-8,10-11,20H,12H2,1-6H3. The molecular weight excluding hydrogens is 318 g/mol. The van der Waals surface area contributed by atoms with Crippen molar-refractivity contribution in [2.24, 2.45) is 0 Å². The van der Waals surface area contributed by atoms with Gasteiger partial charge in [0.1, 0.15) is 20.2 Å². The number of H-pyrrole nitrogens is 1. The van der Waals surface area contributed by atoms with E-state index in [1.165, 1.54) is 7.11 Å². The number of carbonyl (C=O) groups is 1. The van der Waals surface area contributed by atoms with E-state index < -0.39 is 14.0 Å². The van der Waals surface area contributed by atoms with Crippen LogP contribution >= 0.6 is 0 Å². The van der Waals surface area contributed by atoms with Crippen molar-refractivity contribution in [2.45, 2.75) is 38.9 Å². The Hall–Kier alpha value is -2.19.